The van der Waals surface area contributed by atoms with E-state index in [-0.39, 0.29) is 11.8 Å². The fraction of sp³-hybridized carbons (Fsp3) is 0.300. The van der Waals surface area contributed by atoms with Crippen LogP contribution < -0.4 is 5.43 Å². The van der Waals surface area contributed by atoms with Gasteiger partial charge in [0.15, 0.2) is 0 Å². The second-order valence-electron chi connectivity index (χ2n) is 6.41. The molecule has 1 aliphatic rings. The zero-order chi connectivity index (χ0) is 16.4. The van der Waals surface area contributed by atoms with Crippen molar-refractivity contribution in [1.29, 1.82) is 0 Å². The molecule has 1 saturated carbocycles. The number of hydrogen-bond donors (Lipinski definition) is 1. The van der Waals surface area contributed by atoms with Gasteiger partial charge >= 0.3 is 0 Å². The monoisotopic (exact) mass is 306 g/mol. The molecule has 1 N–H and O–H groups in total. The highest BCUT2D eigenvalue weighted by Gasteiger charge is 2.43. The van der Waals surface area contributed by atoms with Crippen LogP contribution in [0.2, 0.25) is 0 Å². The van der Waals surface area contributed by atoms with Crippen LogP contribution in [0.4, 0.5) is 0 Å². The van der Waals surface area contributed by atoms with Gasteiger partial charge in [0, 0.05) is 11.5 Å². The number of aryl methyl sites for hydroxylation is 3. The van der Waals surface area contributed by atoms with Gasteiger partial charge in [-0.05, 0) is 49.8 Å². The lowest BCUT2D eigenvalue weighted by Gasteiger charge is -2.06. The summed E-state index contributed by atoms with van der Waals surface area (Å²) in [6.07, 6.45) is 2.66. The lowest BCUT2D eigenvalue weighted by Crippen LogP contribution is -2.20. The van der Waals surface area contributed by atoms with E-state index in [9.17, 15) is 4.79 Å². The predicted octanol–water partition coefficient (Wildman–Crippen LogP) is 3.87. The summed E-state index contributed by atoms with van der Waals surface area (Å²) in [4.78, 5) is 12.2. The summed E-state index contributed by atoms with van der Waals surface area (Å²) >= 11 is 0. The third-order valence-electron chi connectivity index (χ3n) is 4.46. The Kier molecular flexibility index (Phi) is 4.28. The molecule has 0 aliphatic heterocycles. The van der Waals surface area contributed by atoms with E-state index in [1.165, 1.54) is 22.3 Å². The first kappa shape index (κ1) is 15.5. The summed E-state index contributed by atoms with van der Waals surface area (Å²) in [5.74, 6) is 0.404. The molecule has 1 aliphatic carbocycles. The second-order valence-corrected chi connectivity index (χ2v) is 6.41. The maximum Gasteiger partial charge on any atom is 0.243 e. The second kappa shape index (κ2) is 6.37. The number of carbonyl (C=O) groups is 1. The molecule has 0 radical (unpaired) electrons. The van der Waals surface area contributed by atoms with E-state index >= 15 is 0 Å². The van der Waals surface area contributed by atoms with E-state index in [0.717, 1.165) is 12.0 Å². The molecule has 3 nitrogen and oxygen atoms in total. The molecule has 1 amide bonds. The Balaban J connectivity index is 1.60. The van der Waals surface area contributed by atoms with E-state index < -0.39 is 0 Å². The number of nitrogens with zero attached hydrogens (tertiary/aromatic N) is 1. The van der Waals surface area contributed by atoms with Gasteiger partial charge in [0.25, 0.3) is 0 Å². The third kappa shape index (κ3) is 3.50. The fourth-order valence-corrected chi connectivity index (χ4v) is 3.19. The average Bonchev–Trinajstić information content (AvgIpc) is 3.31. The first-order chi connectivity index (χ1) is 11.1. The minimum atomic E-state index is 0.0116. The lowest BCUT2D eigenvalue weighted by atomic mass is 10.0. The van der Waals surface area contributed by atoms with Gasteiger partial charge in [0.2, 0.25) is 5.91 Å². The van der Waals surface area contributed by atoms with Crippen molar-refractivity contribution < 1.29 is 4.79 Å². The van der Waals surface area contributed by atoms with Crippen molar-refractivity contribution in [3.63, 3.8) is 0 Å². The Morgan fingerprint density at radius 1 is 1.13 bits per heavy atom. The maximum absolute atomic E-state index is 12.2. The molecule has 118 valence electrons. The summed E-state index contributed by atoms with van der Waals surface area (Å²) in [5, 5.41) is 4.16. The van der Waals surface area contributed by atoms with Gasteiger partial charge in [-0.25, -0.2) is 5.43 Å². The number of amides is 1. The van der Waals surface area contributed by atoms with Gasteiger partial charge < -0.3 is 0 Å². The molecule has 2 atom stereocenters. The quantitative estimate of drug-likeness (QED) is 0.676. The third-order valence-corrected chi connectivity index (χ3v) is 4.46. The molecule has 0 saturated heterocycles. The summed E-state index contributed by atoms with van der Waals surface area (Å²) in [6, 6.07) is 14.5. The van der Waals surface area contributed by atoms with Crippen LogP contribution in [-0.2, 0) is 4.79 Å². The number of hydrogen-bond acceptors (Lipinski definition) is 2. The van der Waals surface area contributed by atoms with Crippen LogP contribution in [0.25, 0.3) is 0 Å². The van der Waals surface area contributed by atoms with Crippen LogP contribution in [0.15, 0.2) is 47.6 Å². The Labute approximate surface area is 137 Å². The van der Waals surface area contributed by atoms with Crippen molar-refractivity contribution in [2.75, 3.05) is 0 Å². The minimum Gasteiger partial charge on any atom is -0.273 e. The number of hydrazone groups is 1. The van der Waals surface area contributed by atoms with Crippen molar-refractivity contribution in [1.82, 2.24) is 5.43 Å². The smallest absolute Gasteiger partial charge is 0.243 e. The topological polar surface area (TPSA) is 41.5 Å². The van der Waals surface area contributed by atoms with E-state index in [1.807, 2.05) is 18.2 Å². The summed E-state index contributed by atoms with van der Waals surface area (Å²) in [6.45, 7) is 6.21. The van der Waals surface area contributed by atoms with Crippen LogP contribution in [0.1, 0.15) is 40.2 Å². The SMILES string of the molecule is Cc1cc(C)c(/C=N\NC(=O)[C@H]2C[C@@H]2c2ccccc2)c(C)c1. The first-order valence-electron chi connectivity index (χ1n) is 8.02. The van der Waals surface area contributed by atoms with E-state index in [4.69, 9.17) is 0 Å². The lowest BCUT2D eigenvalue weighted by molar-refractivity contribution is -0.122. The van der Waals surface area contributed by atoms with Gasteiger partial charge in [-0.15, -0.1) is 0 Å². The normalized spacial score (nSPS) is 19.8. The number of rotatable bonds is 4. The molecule has 0 heterocycles. The van der Waals surface area contributed by atoms with Crippen LogP contribution in [0, 0.1) is 26.7 Å². The molecule has 2 aromatic carbocycles. The van der Waals surface area contributed by atoms with Gasteiger partial charge in [-0.2, -0.15) is 5.10 Å². The predicted molar refractivity (Wildman–Crippen MR) is 93.7 cm³/mol. The van der Waals surface area contributed by atoms with Crippen molar-refractivity contribution in [2.45, 2.75) is 33.1 Å². The van der Waals surface area contributed by atoms with E-state index in [0.29, 0.717) is 5.92 Å². The highest BCUT2D eigenvalue weighted by molar-refractivity contribution is 5.87. The first-order valence-corrected chi connectivity index (χ1v) is 8.02. The number of nitrogens with one attached hydrogen (secondary N) is 1. The average molecular weight is 306 g/mol. The van der Waals surface area contributed by atoms with Gasteiger partial charge in [-0.3, -0.25) is 4.79 Å². The molecule has 3 heteroatoms. The Hall–Kier alpha value is -2.42. The summed E-state index contributed by atoms with van der Waals surface area (Å²) < 4.78 is 0. The number of benzene rings is 2. The van der Waals surface area contributed by atoms with Crippen LogP contribution >= 0.6 is 0 Å². The van der Waals surface area contributed by atoms with E-state index in [1.54, 1.807) is 6.21 Å². The van der Waals surface area contributed by atoms with E-state index in [2.05, 4.69) is 55.6 Å². The molecule has 2 aromatic rings. The van der Waals surface area contributed by atoms with Crippen molar-refractivity contribution >= 4 is 12.1 Å². The van der Waals surface area contributed by atoms with Gasteiger partial charge in [-0.1, -0.05) is 48.0 Å². The Bertz CT molecular complexity index is 726. The molecule has 0 unspecified atom stereocenters. The Morgan fingerprint density at radius 3 is 2.43 bits per heavy atom. The molecule has 3 rings (SSSR count). The summed E-state index contributed by atoms with van der Waals surface area (Å²) in [5.41, 5.74) is 8.60. The molecule has 1 fully saturated rings. The van der Waals surface area contributed by atoms with Crippen molar-refractivity contribution in [3.05, 3.63) is 70.3 Å². The largest absolute Gasteiger partial charge is 0.273 e. The zero-order valence-corrected chi connectivity index (χ0v) is 13.8. The maximum atomic E-state index is 12.2. The fourth-order valence-electron chi connectivity index (χ4n) is 3.19. The van der Waals surface area contributed by atoms with Crippen LogP contribution in [0.5, 0.6) is 0 Å². The molecule has 0 spiro atoms. The summed E-state index contributed by atoms with van der Waals surface area (Å²) in [7, 11) is 0. The van der Waals surface area contributed by atoms with Crippen molar-refractivity contribution in [3.8, 4) is 0 Å². The highest BCUT2D eigenvalue weighted by atomic mass is 16.2. The van der Waals surface area contributed by atoms with Gasteiger partial charge in [0.1, 0.15) is 0 Å². The highest BCUT2D eigenvalue weighted by Crippen LogP contribution is 2.47. The van der Waals surface area contributed by atoms with Crippen LogP contribution in [0.3, 0.4) is 0 Å². The Morgan fingerprint density at radius 2 is 1.78 bits per heavy atom. The number of carbonyl (C=O) groups excluding carboxylic acids is 1. The molecule has 23 heavy (non-hydrogen) atoms. The van der Waals surface area contributed by atoms with Crippen molar-refractivity contribution in [2.24, 2.45) is 11.0 Å². The standard InChI is InChI=1S/C20H22N2O/c1-13-9-14(2)19(15(3)10-13)12-21-22-20(23)18-11-17(18)16-7-5-4-6-8-16/h4-10,12,17-18H,11H2,1-3H3,(H,22,23)/b21-12-/t17-,18+/m1/s1. The molecular weight excluding hydrogens is 284 g/mol. The minimum absolute atomic E-state index is 0.0116. The van der Waals surface area contributed by atoms with Crippen LogP contribution in [-0.4, -0.2) is 12.1 Å². The zero-order valence-electron chi connectivity index (χ0n) is 13.8. The molecule has 0 aromatic heterocycles. The van der Waals surface area contributed by atoms with Gasteiger partial charge in [0.05, 0.1) is 6.21 Å². The molecule has 0 bridgehead atoms. The molecular formula is C20H22N2O.